The Balaban J connectivity index is 1.21. The molecule has 0 spiro atoms. The van der Waals surface area contributed by atoms with Gasteiger partial charge in [-0.2, -0.15) is 10.1 Å². The number of non-ortho nitro benzene ring substituents is 1. The van der Waals surface area contributed by atoms with Crippen LogP contribution in [0.4, 0.5) is 17.1 Å². The summed E-state index contributed by atoms with van der Waals surface area (Å²) >= 11 is 1.24. The van der Waals surface area contributed by atoms with Gasteiger partial charge in [0.2, 0.25) is 5.91 Å². The lowest BCUT2D eigenvalue weighted by Crippen LogP contribution is -2.33. The van der Waals surface area contributed by atoms with Crippen molar-refractivity contribution in [3.8, 4) is 0 Å². The topological polar surface area (TPSA) is 163 Å². The van der Waals surface area contributed by atoms with Crippen LogP contribution in [0.5, 0.6) is 0 Å². The molecule has 0 saturated carbocycles. The van der Waals surface area contributed by atoms with Gasteiger partial charge < -0.3 is 16.0 Å². The fraction of sp³-hybridized carbons (Fsp3) is 0.0513. The number of benzene rings is 5. The van der Waals surface area contributed by atoms with Crippen LogP contribution < -0.4 is 21.0 Å². The van der Waals surface area contributed by atoms with Crippen LogP contribution in [-0.2, 0) is 14.4 Å². The molecule has 1 atom stereocenters. The monoisotopic (exact) mass is 710 g/mol. The molecule has 0 aromatic heterocycles. The Kier molecular flexibility index (Phi) is 10.9. The Morgan fingerprint density at radius 3 is 2.13 bits per heavy atom. The molecule has 1 unspecified atom stereocenters. The van der Waals surface area contributed by atoms with Crippen molar-refractivity contribution in [1.82, 2.24) is 10.6 Å². The molecule has 4 amide bonds. The number of hydrazone groups is 1. The van der Waals surface area contributed by atoms with Gasteiger partial charge in [0.25, 0.3) is 23.4 Å². The van der Waals surface area contributed by atoms with Gasteiger partial charge in [-0.1, -0.05) is 72.8 Å². The van der Waals surface area contributed by atoms with Gasteiger partial charge in [-0.25, -0.2) is 0 Å². The molecule has 6 rings (SSSR count). The average Bonchev–Trinajstić information content (AvgIpc) is 3.54. The quantitative estimate of drug-likeness (QED) is 0.0594. The third-order valence-electron chi connectivity index (χ3n) is 7.67. The van der Waals surface area contributed by atoms with Crippen LogP contribution in [0, 0.1) is 10.1 Å². The molecule has 258 valence electrons. The van der Waals surface area contributed by atoms with Gasteiger partial charge in [0.05, 0.1) is 17.0 Å². The Morgan fingerprint density at radius 2 is 1.46 bits per heavy atom. The van der Waals surface area contributed by atoms with Crippen molar-refractivity contribution in [3.05, 3.63) is 172 Å². The van der Waals surface area contributed by atoms with Crippen molar-refractivity contribution >= 4 is 64.4 Å². The number of rotatable bonds is 11. The summed E-state index contributed by atoms with van der Waals surface area (Å²) in [5.41, 5.74) is 2.25. The number of hydrogen-bond acceptors (Lipinski definition) is 8. The second kappa shape index (κ2) is 16.2. The molecule has 1 aliphatic heterocycles. The first-order valence-corrected chi connectivity index (χ1v) is 16.8. The predicted molar refractivity (Wildman–Crippen MR) is 199 cm³/mol. The molecule has 1 heterocycles. The van der Waals surface area contributed by atoms with E-state index in [0.717, 1.165) is 0 Å². The number of nitro groups is 1. The fourth-order valence-electron chi connectivity index (χ4n) is 5.16. The summed E-state index contributed by atoms with van der Waals surface area (Å²) in [7, 11) is 0. The SMILES string of the molecule is O=C(Nc1cccc(SC(C(=O)NC2=NN(c3ccccc3)C(=O)C2)c2ccccc2)c1)/C(=C\c1ccc([N+](=O)[O-])cc1)NC(=O)c1ccccc1. The van der Waals surface area contributed by atoms with E-state index in [1.54, 1.807) is 78.9 Å². The number of anilines is 2. The van der Waals surface area contributed by atoms with Gasteiger partial charge in [-0.05, 0) is 71.8 Å². The molecule has 3 N–H and O–H groups in total. The van der Waals surface area contributed by atoms with Gasteiger partial charge in [0.1, 0.15) is 16.8 Å². The van der Waals surface area contributed by atoms with Crippen LogP contribution in [0.25, 0.3) is 6.08 Å². The van der Waals surface area contributed by atoms with Crippen LogP contribution in [-0.4, -0.2) is 34.4 Å². The Bertz CT molecular complexity index is 2180. The highest BCUT2D eigenvalue weighted by molar-refractivity contribution is 8.00. The second-order valence-corrected chi connectivity index (χ2v) is 12.5. The van der Waals surface area contributed by atoms with E-state index in [9.17, 15) is 29.3 Å². The minimum atomic E-state index is -0.751. The first kappa shape index (κ1) is 35.0. The van der Waals surface area contributed by atoms with E-state index in [1.807, 2.05) is 36.4 Å². The molecule has 52 heavy (non-hydrogen) atoms. The van der Waals surface area contributed by atoms with E-state index in [2.05, 4.69) is 21.1 Å². The van der Waals surface area contributed by atoms with Crippen LogP contribution in [0.15, 0.2) is 155 Å². The average molecular weight is 711 g/mol. The van der Waals surface area contributed by atoms with E-state index in [1.165, 1.54) is 47.1 Å². The lowest BCUT2D eigenvalue weighted by atomic mass is 10.1. The number of nitro benzene ring substituents is 1. The molecule has 0 saturated heterocycles. The number of amidine groups is 1. The Hall–Kier alpha value is -6.86. The number of amides is 4. The van der Waals surface area contributed by atoms with Gasteiger partial charge >= 0.3 is 0 Å². The molecule has 13 heteroatoms. The van der Waals surface area contributed by atoms with Gasteiger partial charge in [-0.15, -0.1) is 11.8 Å². The van der Waals surface area contributed by atoms with Crippen molar-refractivity contribution in [1.29, 1.82) is 0 Å². The first-order chi connectivity index (χ1) is 25.2. The molecule has 0 bridgehead atoms. The van der Waals surface area contributed by atoms with Crippen LogP contribution in [0.3, 0.4) is 0 Å². The Morgan fingerprint density at radius 1 is 0.808 bits per heavy atom. The van der Waals surface area contributed by atoms with E-state index in [4.69, 9.17) is 0 Å². The van der Waals surface area contributed by atoms with Crippen molar-refractivity contribution in [2.24, 2.45) is 5.10 Å². The second-order valence-electron chi connectivity index (χ2n) is 11.4. The maximum Gasteiger partial charge on any atom is 0.272 e. The molecule has 1 aliphatic rings. The zero-order valence-corrected chi connectivity index (χ0v) is 28.2. The summed E-state index contributed by atoms with van der Waals surface area (Å²) in [6, 6.07) is 38.9. The molecule has 12 nitrogen and oxygen atoms in total. The number of nitrogens with one attached hydrogen (secondary N) is 3. The highest BCUT2D eigenvalue weighted by Crippen LogP contribution is 2.37. The summed E-state index contributed by atoms with van der Waals surface area (Å²) in [5, 5.41) is 24.3. The lowest BCUT2D eigenvalue weighted by Gasteiger charge is -2.17. The van der Waals surface area contributed by atoms with Crippen molar-refractivity contribution in [2.75, 3.05) is 10.3 Å². The van der Waals surface area contributed by atoms with Crippen LogP contribution in [0.2, 0.25) is 0 Å². The molecule has 5 aromatic rings. The smallest absolute Gasteiger partial charge is 0.272 e. The van der Waals surface area contributed by atoms with Crippen molar-refractivity contribution in [3.63, 3.8) is 0 Å². The molecule has 0 radical (unpaired) electrons. The van der Waals surface area contributed by atoms with Crippen LogP contribution >= 0.6 is 11.8 Å². The number of nitrogens with zero attached hydrogens (tertiary/aromatic N) is 3. The maximum absolute atomic E-state index is 13.8. The van der Waals surface area contributed by atoms with E-state index in [0.29, 0.717) is 33.0 Å². The summed E-state index contributed by atoms with van der Waals surface area (Å²) in [4.78, 5) is 64.4. The molecule has 0 aliphatic carbocycles. The highest BCUT2D eigenvalue weighted by Gasteiger charge is 2.29. The Labute approximate surface area is 302 Å². The first-order valence-electron chi connectivity index (χ1n) is 16.0. The predicted octanol–water partition coefficient (Wildman–Crippen LogP) is 6.70. The van der Waals surface area contributed by atoms with Gasteiger partial charge in [0, 0.05) is 28.3 Å². The standard InChI is InChI=1S/C39H30N6O6S/c46-35-25-34(43-44(35)30-16-8-3-9-17-30)42-39(49)36(27-11-4-1-5-12-27)52-32-18-10-15-29(24-32)40-38(48)33(41-37(47)28-13-6-2-7-14-28)23-26-19-21-31(22-20-26)45(50)51/h1-24,36H,25H2,(H,40,48)(H,41,47)(H,42,43,49)/b33-23+. The number of carbonyl (C=O) groups is 4. The van der Waals surface area contributed by atoms with Crippen molar-refractivity contribution in [2.45, 2.75) is 16.6 Å². The molecular weight excluding hydrogens is 681 g/mol. The lowest BCUT2D eigenvalue weighted by molar-refractivity contribution is -0.384. The third-order valence-corrected chi connectivity index (χ3v) is 8.92. The number of thioether (sulfide) groups is 1. The van der Waals surface area contributed by atoms with E-state index < -0.39 is 22.0 Å². The van der Waals surface area contributed by atoms with Crippen molar-refractivity contribution < 1.29 is 24.1 Å². The highest BCUT2D eigenvalue weighted by atomic mass is 32.2. The number of para-hydroxylation sites is 1. The third kappa shape index (κ3) is 8.83. The van der Waals surface area contributed by atoms with E-state index >= 15 is 0 Å². The molecule has 5 aromatic carbocycles. The minimum absolute atomic E-state index is 0.0646. The summed E-state index contributed by atoms with van der Waals surface area (Å²) < 4.78 is 0. The summed E-state index contributed by atoms with van der Waals surface area (Å²) in [6.07, 6.45) is 1.36. The molecule has 0 fully saturated rings. The van der Waals surface area contributed by atoms with Crippen LogP contribution in [0.1, 0.15) is 33.2 Å². The zero-order valence-electron chi connectivity index (χ0n) is 27.3. The maximum atomic E-state index is 13.8. The van der Waals surface area contributed by atoms with Gasteiger partial charge in [-0.3, -0.25) is 29.3 Å². The fourth-order valence-corrected chi connectivity index (χ4v) is 6.25. The summed E-state index contributed by atoms with van der Waals surface area (Å²) in [5.74, 6) is -1.59. The number of hydrogen-bond donors (Lipinski definition) is 3. The van der Waals surface area contributed by atoms with E-state index in [-0.39, 0.29) is 35.5 Å². The largest absolute Gasteiger partial charge is 0.321 e. The molecular formula is C39H30N6O6S. The summed E-state index contributed by atoms with van der Waals surface area (Å²) in [6.45, 7) is 0. The zero-order chi connectivity index (χ0) is 36.5. The minimum Gasteiger partial charge on any atom is -0.321 e. The number of carbonyl (C=O) groups excluding carboxylic acids is 4. The van der Waals surface area contributed by atoms with Gasteiger partial charge in [0.15, 0.2) is 0 Å². The normalized spacial score (nSPS) is 13.2.